The first-order valence-corrected chi connectivity index (χ1v) is 8.67. The van der Waals surface area contributed by atoms with Crippen LogP contribution in [-0.4, -0.2) is 45.4 Å². The van der Waals surface area contributed by atoms with Crippen LogP contribution in [-0.2, 0) is 10.9 Å². The van der Waals surface area contributed by atoms with Crippen molar-refractivity contribution in [3.8, 4) is 11.1 Å². The lowest BCUT2D eigenvalue weighted by atomic mass is 10.0. The van der Waals surface area contributed by atoms with E-state index in [1.54, 1.807) is 12.3 Å². The van der Waals surface area contributed by atoms with Gasteiger partial charge in [0.15, 0.2) is 0 Å². The van der Waals surface area contributed by atoms with Crippen LogP contribution in [0.4, 0.5) is 19.0 Å². The van der Waals surface area contributed by atoms with Gasteiger partial charge in [0, 0.05) is 54.7 Å². The largest absolute Gasteiger partial charge is 0.433 e. The predicted molar refractivity (Wildman–Crippen MR) is 96.6 cm³/mol. The number of aromatic nitrogens is 3. The summed E-state index contributed by atoms with van der Waals surface area (Å²) in [7, 11) is 0. The van der Waals surface area contributed by atoms with Crippen molar-refractivity contribution in [2.45, 2.75) is 18.2 Å². The fourth-order valence-corrected chi connectivity index (χ4v) is 3.13. The van der Waals surface area contributed by atoms with Crippen LogP contribution in [0.1, 0.15) is 12.1 Å². The number of halogens is 3. The molecule has 0 spiro atoms. The molecule has 0 amide bonds. The molecular weight excluding hydrogens is 373 g/mol. The average Bonchev–Trinajstić information content (AvgIpc) is 3.12. The van der Waals surface area contributed by atoms with Crippen molar-refractivity contribution >= 4 is 16.7 Å². The maximum Gasteiger partial charge on any atom is 0.433 e. The van der Waals surface area contributed by atoms with Gasteiger partial charge in [-0.15, -0.1) is 0 Å². The summed E-state index contributed by atoms with van der Waals surface area (Å²) in [6.45, 7) is 1.03. The Bertz CT molecular complexity index is 987. The van der Waals surface area contributed by atoms with Gasteiger partial charge in [-0.05, 0) is 18.2 Å². The number of nitrogens with zero attached hydrogens (tertiary/aromatic N) is 3. The van der Waals surface area contributed by atoms with E-state index in [1.807, 2.05) is 6.07 Å². The summed E-state index contributed by atoms with van der Waals surface area (Å²) in [6, 6.07) is 5.85. The van der Waals surface area contributed by atoms with E-state index in [1.165, 1.54) is 18.5 Å². The Morgan fingerprint density at radius 1 is 1.14 bits per heavy atom. The fourth-order valence-electron chi connectivity index (χ4n) is 3.13. The lowest BCUT2D eigenvalue weighted by Gasteiger charge is -2.21. The zero-order valence-electron chi connectivity index (χ0n) is 14.7. The van der Waals surface area contributed by atoms with Crippen molar-refractivity contribution in [1.82, 2.24) is 15.0 Å². The molecule has 6 nitrogen and oxygen atoms in total. The standard InChI is InChI=1S/C19H17F3N4O2/c20-19(21,22)15-4-3-12(8-24-15)14-9-25-17(13-2-1-6-23-16(13)14)26-10-18(27)5-7-28-11-18/h1-4,6,8-9,27H,5,7,10-11H2,(H,25,26). The van der Waals surface area contributed by atoms with Crippen molar-refractivity contribution in [3.05, 3.63) is 48.5 Å². The van der Waals surface area contributed by atoms with Crippen molar-refractivity contribution in [1.29, 1.82) is 0 Å². The smallest absolute Gasteiger partial charge is 0.386 e. The van der Waals surface area contributed by atoms with E-state index in [0.29, 0.717) is 40.9 Å². The summed E-state index contributed by atoms with van der Waals surface area (Å²) in [5.74, 6) is 0.534. The minimum absolute atomic E-state index is 0.255. The molecule has 0 radical (unpaired) electrons. The molecule has 0 aromatic carbocycles. The lowest BCUT2D eigenvalue weighted by molar-refractivity contribution is -0.141. The highest BCUT2D eigenvalue weighted by molar-refractivity contribution is 5.98. The molecule has 3 aromatic rings. The van der Waals surface area contributed by atoms with Gasteiger partial charge < -0.3 is 15.2 Å². The first-order chi connectivity index (χ1) is 13.4. The quantitative estimate of drug-likeness (QED) is 0.712. The number of ether oxygens (including phenoxy) is 1. The summed E-state index contributed by atoms with van der Waals surface area (Å²) in [6.07, 6.45) is 0.350. The molecule has 0 saturated carbocycles. The number of fused-ring (bicyclic) bond motifs is 1. The van der Waals surface area contributed by atoms with Gasteiger partial charge in [-0.1, -0.05) is 6.07 Å². The van der Waals surface area contributed by atoms with Crippen LogP contribution < -0.4 is 5.32 Å². The van der Waals surface area contributed by atoms with Gasteiger partial charge in [-0.3, -0.25) is 9.97 Å². The third-order valence-electron chi connectivity index (χ3n) is 4.67. The molecule has 0 bridgehead atoms. The van der Waals surface area contributed by atoms with E-state index in [0.717, 1.165) is 6.07 Å². The third-order valence-corrected chi connectivity index (χ3v) is 4.67. The second kappa shape index (κ2) is 6.99. The molecule has 1 saturated heterocycles. The van der Waals surface area contributed by atoms with E-state index in [2.05, 4.69) is 20.3 Å². The molecule has 0 aliphatic carbocycles. The molecule has 4 heterocycles. The molecule has 1 atom stereocenters. The maximum atomic E-state index is 12.7. The zero-order chi connectivity index (χ0) is 19.8. The second-order valence-corrected chi connectivity index (χ2v) is 6.73. The average molecular weight is 390 g/mol. The van der Waals surface area contributed by atoms with Crippen LogP contribution in [0.25, 0.3) is 22.0 Å². The van der Waals surface area contributed by atoms with Crippen molar-refractivity contribution in [2.24, 2.45) is 0 Å². The van der Waals surface area contributed by atoms with Gasteiger partial charge >= 0.3 is 6.18 Å². The fraction of sp³-hybridized carbons (Fsp3) is 0.316. The van der Waals surface area contributed by atoms with Gasteiger partial charge in [0.2, 0.25) is 0 Å². The van der Waals surface area contributed by atoms with E-state index in [9.17, 15) is 18.3 Å². The summed E-state index contributed by atoms with van der Waals surface area (Å²) in [4.78, 5) is 12.3. The maximum absolute atomic E-state index is 12.7. The second-order valence-electron chi connectivity index (χ2n) is 6.73. The van der Waals surface area contributed by atoms with Crippen molar-refractivity contribution in [3.63, 3.8) is 0 Å². The molecule has 1 unspecified atom stereocenters. The summed E-state index contributed by atoms with van der Waals surface area (Å²) >= 11 is 0. The Morgan fingerprint density at radius 3 is 2.68 bits per heavy atom. The molecule has 2 N–H and O–H groups in total. The number of alkyl halides is 3. The Hall–Kier alpha value is -2.78. The van der Waals surface area contributed by atoms with Crippen LogP contribution in [0.2, 0.25) is 0 Å². The van der Waals surface area contributed by atoms with Crippen LogP contribution in [0.3, 0.4) is 0 Å². The molecule has 1 aliphatic rings. The Balaban J connectivity index is 1.67. The van der Waals surface area contributed by atoms with Gasteiger partial charge in [-0.25, -0.2) is 4.98 Å². The number of anilines is 1. The van der Waals surface area contributed by atoms with Crippen LogP contribution >= 0.6 is 0 Å². The van der Waals surface area contributed by atoms with E-state index in [4.69, 9.17) is 4.74 Å². The minimum atomic E-state index is -4.49. The monoisotopic (exact) mass is 390 g/mol. The first-order valence-electron chi connectivity index (χ1n) is 8.67. The number of nitrogens with one attached hydrogen (secondary N) is 1. The predicted octanol–water partition coefficient (Wildman–Crippen LogP) is 3.27. The number of hydrogen-bond acceptors (Lipinski definition) is 6. The molecule has 3 aromatic heterocycles. The number of rotatable bonds is 4. The third kappa shape index (κ3) is 3.63. The zero-order valence-corrected chi connectivity index (χ0v) is 14.7. The number of hydrogen-bond donors (Lipinski definition) is 2. The lowest BCUT2D eigenvalue weighted by Crippen LogP contribution is -2.37. The highest BCUT2D eigenvalue weighted by atomic mass is 19.4. The first kappa shape index (κ1) is 18.6. The molecule has 1 aliphatic heterocycles. The van der Waals surface area contributed by atoms with E-state index < -0.39 is 17.5 Å². The molecule has 1 fully saturated rings. The number of pyridine rings is 3. The topological polar surface area (TPSA) is 80.2 Å². The van der Waals surface area contributed by atoms with Gasteiger partial charge in [0.05, 0.1) is 12.1 Å². The summed E-state index contributed by atoms with van der Waals surface area (Å²) in [5, 5.41) is 14.2. The molecule has 28 heavy (non-hydrogen) atoms. The van der Waals surface area contributed by atoms with Gasteiger partial charge in [-0.2, -0.15) is 13.2 Å². The van der Waals surface area contributed by atoms with E-state index in [-0.39, 0.29) is 13.2 Å². The van der Waals surface area contributed by atoms with Crippen LogP contribution in [0.15, 0.2) is 42.9 Å². The highest BCUT2D eigenvalue weighted by Gasteiger charge is 2.33. The van der Waals surface area contributed by atoms with Gasteiger partial charge in [0.1, 0.15) is 17.1 Å². The van der Waals surface area contributed by atoms with E-state index >= 15 is 0 Å². The molecule has 9 heteroatoms. The van der Waals surface area contributed by atoms with Crippen molar-refractivity contribution in [2.75, 3.05) is 25.1 Å². The Kier molecular flexibility index (Phi) is 4.64. The SMILES string of the molecule is OC1(CNc2ncc(-c3ccc(C(F)(F)F)nc3)c3ncccc23)CCOC1. The summed E-state index contributed by atoms with van der Waals surface area (Å²) < 4.78 is 43.5. The van der Waals surface area contributed by atoms with Gasteiger partial charge in [0.25, 0.3) is 0 Å². The minimum Gasteiger partial charge on any atom is -0.386 e. The highest BCUT2D eigenvalue weighted by Crippen LogP contribution is 2.32. The molecular formula is C19H17F3N4O2. The van der Waals surface area contributed by atoms with Crippen molar-refractivity contribution < 1.29 is 23.0 Å². The number of aliphatic hydroxyl groups is 1. The Morgan fingerprint density at radius 2 is 2.00 bits per heavy atom. The molecule has 146 valence electrons. The van der Waals surface area contributed by atoms with Crippen LogP contribution in [0.5, 0.6) is 0 Å². The Labute approximate surface area is 158 Å². The normalized spacial score (nSPS) is 19.9. The molecule has 4 rings (SSSR count). The van der Waals surface area contributed by atoms with Crippen LogP contribution in [0, 0.1) is 0 Å². The summed E-state index contributed by atoms with van der Waals surface area (Å²) in [5.41, 5.74) is -0.265.